The van der Waals surface area contributed by atoms with Crippen molar-refractivity contribution in [2.24, 2.45) is 0 Å². The van der Waals surface area contributed by atoms with E-state index in [9.17, 15) is 4.79 Å². The number of carbonyl (C=O) groups is 1. The Hall–Kier alpha value is -3.03. The zero-order valence-electron chi connectivity index (χ0n) is 12.3. The molecule has 0 spiro atoms. The van der Waals surface area contributed by atoms with E-state index in [1.54, 1.807) is 25.7 Å². The molecule has 8 nitrogen and oxygen atoms in total. The lowest BCUT2D eigenvalue weighted by Gasteiger charge is -2.06. The van der Waals surface area contributed by atoms with Crippen LogP contribution in [-0.4, -0.2) is 39.2 Å². The van der Waals surface area contributed by atoms with Crippen molar-refractivity contribution in [2.75, 3.05) is 19.0 Å². The van der Waals surface area contributed by atoms with Gasteiger partial charge >= 0.3 is 6.03 Å². The standard InChI is InChI=1S/C14H16N6O2/c1-3-16-14(21)19-13-17-10-6-9(22-2)7-11(12(10)18-13)20-5-4-15-8-20/h4-8H,3H2,1-2H3,(H3,16,17,18,19,21). The molecule has 0 atom stereocenters. The summed E-state index contributed by atoms with van der Waals surface area (Å²) in [6.07, 6.45) is 5.20. The Balaban J connectivity index is 2.06. The third-order valence-corrected chi connectivity index (χ3v) is 3.13. The molecular formula is C14H16N6O2. The highest BCUT2D eigenvalue weighted by Crippen LogP contribution is 2.27. The minimum absolute atomic E-state index is 0.308. The Bertz CT molecular complexity index is 793. The van der Waals surface area contributed by atoms with Crippen LogP contribution in [-0.2, 0) is 0 Å². The van der Waals surface area contributed by atoms with Crippen molar-refractivity contribution < 1.29 is 9.53 Å². The lowest BCUT2D eigenvalue weighted by molar-refractivity contribution is 0.252. The third kappa shape index (κ3) is 2.58. The van der Waals surface area contributed by atoms with Crippen molar-refractivity contribution in [3.63, 3.8) is 0 Å². The predicted molar refractivity (Wildman–Crippen MR) is 82.5 cm³/mol. The van der Waals surface area contributed by atoms with E-state index in [0.717, 1.165) is 11.2 Å². The zero-order valence-corrected chi connectivity index (χ0v) is 12.3. The van der Waals surface area contributed by atoms with E-state index in [0.29, 0.717) is 23.8 Å². The molecule has 3 rings (SSSR count). The maximum atomic E-state index is 11.6. The maximum absolute atomic E-state index is 11.6. The lowest BCUT2D eigenvalue weighted by Crippen LogP contribution is -2.28. The van der Waals surface area contributed by atoms with Crippen LogP contribution in [0, 0.1) is 0 Å². The number of ether oxygens (including phenoxy) is 1. The fraction of sp³-hybridized carbons (Fsp3) is 0.214. The molecule has 0 radical (unpaired) electrons. The second-order valence-electron chi connectivity index (χ2n) is 4.58. The van der Waals surface area contributed by atoms with Crippen LogP contribution in [0.15, 0.2) is 30.9 Å². The van der Waals surface area contributed by atoms with E-state index in [4.69, 9.17) is 4.74 Å². The first-order valence-corrected chi connectivity index (χ1v) is 6.82. The van der Waals surface area contributed by atoms with Gasteiger partial charge in [0.25, 0.3) is 0 Å². The Morgan fingerprint density at radius 2 is 2.32 bits per heavy atom. The summed E-state index contributed by atoms with van der Waals surface area (Å²) in [6.45, 7) is 2.39. The molecule has 114 valence electrons. The first kappa shape index (κ1) is 13.9. The molecule has 0 unspecified atom stereocenters. The molecule has 0 fully saturated rings. The van der Waals surface area contributed by atoms with Crippen LogP contribution in [0.1, 0.15) is 6.92 Å². The number of H-pyrrole nitrogens is 1. The largest absolute Gasteiger partial charge is 0.497 e. The fourth-order valence-electron chi connectivity index (χ4n) is 2.16. The average molecular weight is 300 g/mol. The minimum atomic E-state index is -0.308. The molecule has 0 aliphatic carbocycles. The summed E-state index contributed by atoms with van der Waals surface area (Å²) >= 11 is 0. The van der Waals surface area contributed by atoms with Gasteiger partial charge in [-0.2, -0.15) is 0 Å². The summed E-state index contributed by atoms with van der Waals surface area (Å²) in [6, 6.07) is 3.37. The number of urea groups is 1. The van der Waals surface area contributed by atoms with Gasteiger partial charge in [0.05, 0.1) is 30.2 Å². The summed E-state index contributed by atoms with van der Waals surface area (Å²) in [7, 11) is 1.60. The number of methoxy groups -OCH3 is 1. The van der Waals surface area contributed by atoms with Crippen LogP contribution in [0.25, 0.3) is 16.7 Å². The van der Waals surface area contributed by atoms with Gasteiger partial charge in [0.15, 0.2) is 0 Å². The Labute approximate surface area is 126 Å². The van der Waals surface area contributed by atoms with E-state index in [-0.39, 0.29) is 6.03 Å². The molecule has 22 heavy (non-hydrogen) atoms. The van der Waals surface area contributed by atoms with Crippen molar-refractivity contribution in [3.05, 3.63) is 30.9 Å². The number of carbonyl (C=O) groups excluding carboxylic acids is 1. The highest BCUT2D eigenvalue weighted by atomic mass is 16.5. The maximum Gasteiger partial charge on any atom is 0.321 e. The molecule has 0 aliphatic rings. The number of benzene rings is 1. The van der Waals surface area contributed by atoms with E-state index < -0.39 is 0 Å². The molecule has 0 saturated carbocycles. The Kier molecular flexibility index (Phi) is 3.65. The molecule has 1 aromatic carbocycles. The van der Waals surface area contributed by atoms with E-state index >= 15 is 0 Å². The van der Waals surface area contributed by atoms with E-state index in [1.165, 1.54) is 0 Å². The van der Waals surface area contributed by atoms with E-state index in [1.807, 2.05) is 23.8 Å². The highest BCUT2D eigenvalue weighted by molar-refractivity contribution is 5.92. The van der Waals surface area contributed by atoms with Crippen molar-refractivity contribution in [1.82, 2.24) is 24.8 Å². The zero-order chi connectivity index (χ0) is 15.5. The number of aromatic nitrogens is 4. The van der Waals surface area contributed by atoms with Crippen LogP contribution in [0.2, 0.25) is 0 Å². The molecule has 3 aromatic rings. The molecule has 0 aliphatic heterocycles. The van der Waals surface area contributed by atoms with Crippen LogP contribution in [0.5, 0.6) is 5.75 Å². The Morgan fingerprint density at radius 3 is 3.00 bits per heavy atom. The molecule has 0 saturated heterocycles. The van der Waals surface area contributed by atoms with Crippen molar-refractivity contribution in [3.8, 4) is 11.4 Å². The number of amides is 2. The van der Waals surface area contributed by atoms with Gasteiger partial charge < -0.3 is 19.6 Å². The van der Waals surface area contributed by atoms with Crippen LogP contribution in [0.3, 0.4) is 0 Å². The van der Waals surface area contributed by atoms with Crippen LogP contribution >= 0.6 is 0 Å². The number of aromatic amines is 1. The summed E-state index contributed by atoms with van der Waals surface area (Å²) in [4.78, 5) is 23.1. The molecule has 0 bridgehead atoms. The summed E-state index contributed by atoms with van der Waals surface area (Å²) in [5.74, 6) is 1.04. The number of nitrogens with one attached hydrogen (secondary N) is 3. The predicted octanol–water partition coefficient (Wildman–Crippen LogP) is 1.90. The van der Waals surface area contributed by atoms with E-state index in [2.05, 4.69) is 25.6 Å². The topological polar surface area (TPSA) is 96.9 Å². The Morgan fingerprint density at radius 1 is 1.45 bits per heavy atom. The van der Waals surface area contributed by atoms with Gasteiger partial charge in [-0.05, 0) is 6.92 Å². The third-order valence-electron chi connectivity index (χ3n) is 3.13. The number of rotatable bonds is 4. The first-order valence-electron chi connectivity index (χ1n) is 6.82. The normalized spacial score (nSPS) is 10.6. The number of imidazole rings is 2. The van der Waals surface area contributed by atoms with Crippen molar-refractivity contribution in [1.29, 1.82) is 0 Å². The molecule has 8 heteroatoms. The SMILES string of the molecule is CCNC(=O)Nc1nc2cc(OC)cc(-n3ccnc3)c2[nH]1. The van der Waals surface area contributed by atoms with Gasteiger partial charge in [0.2, 0.25) is 5.95 Å². The molecular weight excluding hydrogens is 284 g/mol. The number of fused-ring (bicyclic) bond motifs is 1. The van der Waals surface area contributed by atoms with Gasteiger partial charge in [0, 0.05) is 31.1 Å². The summed E-state index contributed by atoms with van der Waals surface area (Å²) in [5.41, 5.74) is 2.31. The quantitative estimate of drug-likeness (QED) is 0.685. The number of hydrogen-bond acceptors (Lipinski definition) is 4. The van der Waals surface area contributed by atoms with Gasteiger partial charge in [-0.1, -0.05) is 0 Å². The smallest absolute Gasteiger partial charge is 0.321 e. The summed E-state index contributed by atoms with van der Waals surface area (Å²) < 4.78 is 7.15. The monoisotopic (exact) mass is 300 g/mol. The van der Waals surface area contributed by atoms with Crippen molar-refractivity contribution >= 4 is 23.0 Å². The molecule has 2 aromatic heterocycles. The lowest BCUT2D eigenvalue weighted by atomic mass is 10.2. The van der Waals surface area contributed by atoms with Gasteiger partial charge in [-0.3, -0.25) is 5.32 Å². The first-order chi connectivity index (χ1) is 10.7. The number of hydrogen-bond donors (Lipinski definition) is 3. The second kappa shape index (κ2) is 5.76. The average Bonchev–Trinajstić information content (AvgIpc) is 3.15. The van der Waals surface area contributed by atoms with Crippen molar-refractivity contribution in [2.45, 2.75) is 6.92 Å². The molecule has 2 amide bonds. The minimum Gasteiger partial charge on any atom is -0.497 e. The molecule has 3 N–H and O–H groups in total. The van der Waals surface area contributed by atoms with Gasteiger partial charge in [-0.25, -0.2) is 14.8 Å². The van der Waals surface area contributed by atoms with Crippen LogP contribution in [0.4, 0.5) is 10.7 Å². The summed E-state index contributed by atoms with van der Waals surface area (Å²) in [5, 5.41) is 5.31. The molecule has 2 heterocycles. The number of anilines is 1. The second-order valence-corrected chi connectivity index (χ2v) is 4.58. The fourth-order valence-corrected chi connectivity index (χ4v) is 2.16. The van der Waals surface area contributed by atoms with Crippen LogP contribution < -0.4 is 15.4 Å². The van der Waals surface area contributed by atoms with Gasteiger partial charge in [0.1, 0.15) is 5.75 Å². The van der Waals surface area contributed by atoms with Gasteiger partial charge in [-0.15, -0.1) is 0 Å². The highest BCUT2D eigenvalue weighted by Gasteiger charge is 2.12. The number of nitrogens with zero attached hydrogens (tertiary/aromatic N) is 3.